The van der Waals surface area contributed by atoms with E-state index in [0.29, 0.717) is 5.52 Å². The first-order valence-corrected chi connectivity index (χ1v) is 12.3. The number of ether oxygens (including phenoxy) is 4. The van der Waals surface area contributed by atoms with Crippen LogP contribution in [0.5, 0.6) is 0 Å². The van der Waals surface area contributed by atoms with Crippen LogP contribution in [-0.4, -0.2) is 63.5 Å². The van der Waals surface area contributed by atoms with Gasteiger partial charge in [-0.3, -0.25) is 14.4 Å². The maximum atomic E-state index is 12.8. The average Bonchev–Trinajstić information content (AvgIpc) is 3.43. The minimum absolute atomic E-state index is 0.143. The van der Waals surface area contributed by atoms with Crippen LogP contribution in [0.3, 0.4) is 0 Å². The van der Waals surface area contributed by atoms with Gasteiger partial charge in [0.25, 0.3) is 0 Å². The van der Waals surface area contributed by atoms with Gasteiger partial charge in [-0.2, -0.15) is 10.4 Å². The highest BCUT2D eigenvalue weighted by Crippen LogP contribution is 2.44. The number of aromatic nitrogens is 3. The molecule has 0 aliphatic carbocycles. The molecule has 2 aromatic heterocycles. The van der Waals surface area contributed by atoms with Crippen LogP contribution in [0.4, 0.5) is 5.82 Å². The highest BCUT2D eigenvalue weighted by Gasteiger charge is 2.63. The molecule has 1 fully saturated rings. The SMILES string of the molecule is CC(C)C(=O)O[C@@H]1C(COC(=O)C(N)C(C)C)O[C@@](C#N)(c2ccc3c(N)ncnn23)[C@@H]1OC(=O)C(C)C. The average molecular weight is 531 g/mol. The number of nitriles is 1. The lowest BCUT2D eigenvalue weighted by Crippen LogP contribution is -2.47. The van der Waals surface area contributed by atoms with Crippen LogP contribution >= 0.6 is 0 Å². The van der Waals surface area contributed by atoms with Gasteiger partial charge in [-0.1, -0.05) is 41.5 Å². The molecule has 0 radical (unpaired) electrons. The second-order valence-corrected chi connectivity index (χ2v) is 10.1. The summed E-state index contributed by atoms with van der Waals surface area (Å²) in [5, 5.41) is 14.7. The van der Waals surface area contributed by atoms with Crippen molar-refractivity contribution in [1.29, 1.82) is 5.26 Å². The van der Waals surface area contributed by atoms with Crippen molar-refractivity contribution < 1.29 is 33.3 Å². The van der Waals surface area contributed by atoms with Gasteiger partial charge in [-0.15, -0.1) is 0 Å². The standard InChI is InChI=1S/C25H34N6O7/c1-12(2)18(27)24(34)35-9-16-19(36-22(32)13(3)4)20(37-23(33)14(5)6)25(10-26,38-16)17-8-7-15-21(28)29-11-30-31(15)17/h7-8,11-14,16,18-20H,9,27H2,1-6H3,(H2,28,29,30)/t16?,18?,19-,20-,25+/m1/s1. The molecule has 38 heavy (non-hydrogen) atoms. The zero-order chi connectivity index (χ0) is 28.4. The quantitative estimate of drug-likeness (QED) is 0.346. The van der Waals surface area contributed by atoms with Crippen LogP contribution in [-0.2, 0) is 38.9 Å². The molecule has 2 aromatic rings. The van der Waals surface area contributed by atoms with Crippen molar-refractivity contribution in [3.8, 4) is 6.07 Å². The third kappa shape index (κ3) is 5.41. The van der Waals surface area contributed by atoms with Crippen molar-refractivity contribution in [3.05, 3.63) is 24.2 Å². The second-order valence-electron chi connectivity index (χ2n) is 10.1. The minimum Gasteiger partial charge on any atom is -0.462 e. The highest BCUT2D eigenvalue weighted by atomic mass is 16.7. The molecule has 2 unspecified atom stereocenters. The molecule has 0 saturated carbocycles. The van der Waals surface area contributed by atoms with Crippen molar-refractivity contribution in [1.82, 2.24) is 14.6 Å². The van der Waals surface area contributed by atoms with Gasteiger partial charge in [0.2, 0.25) is 5.60 Å². The fourth-order valence-electron chi connectivity index (χ4n) is 3.87. The molecule has 0 bridgehead atoms. The Bertz CT molecular complexity index is 1240. The van der Waals surface area contributed by atoms with E-state index in [0.717, 1.165) is 0 Å². The number of nitrogens with zero attached hydrogens (tertiary/aromatic N) is 4. The van der Waals surface area contributed by atoms with Gasteiger partial charge in [0.1, 0.15) is 36.7 Å². The molecule has 0 amide bonds. The summed E-state index contributed by atoms with van der Waals surface area (Å²) in [5.74, 6) is -3.15. The molecule has 0 spiro atoms. The van der Waals surface area contributed by atoms with E-state index in [4.69, 9.17) is 30.4 Å². The smallest absolute Gasteiger partial charge is 0.323 e. The van der Waals surface area contributed by atoms with Crippen molar-refractivity contribution in [3.63, 3.8) is 0 Å². The van der Waals surface area contributed by atoms with E-state index in [1.807, 2.05) is 0 Å². The molecule has 4 N–H and O–H groups in total. The van der Waals surface area contributed by atoms with E-state index in [1.54, 1.807) is 47.6 Å². The third-order valence-corrected chi connectivity index (χ3v) is 6.25. The summed E-state index contributed by atoms with van der Waals surface area (Å²) in [6, 6.07) is 4.31. The summed E-state index contributed by atoms with van der Waals surface area (Å²) in [6.45, 7) is 9.60. The van der Waals surface area contributed by atoms with Gasteiger partial charge in [-0.05, 0) is 18.1 Å². The maximum Gasteiger partial charge on any atom is 0.323 e. The number of rotatable bonds is 9. The molecule has 3 heterocycles. The lowest BCUT2D eigenvalue weighted by Gasteiger charge is -2.29. The fraction of sp³-hybridized carbons (Fsp3) is 0.600. The highest BCUT2D eigenvalue weighted by molar-refractivity contribution is 5.76. The number of carbonyl (C=O) groups is 3. The summed E-state index contributed by atoms with van der Waals surface area (Å²) < 4.78 is 24.5. The second kappa shape index (κ2) is 11.3. The summed E-state index contributed by atoms with van der Waals surface area (Å²) in [6.07, 6.45) is -2.73. The predicted octanol–water partition coefficient (Wildman–Crippen LogP) is 1.09. The van der Waals surface area contributed by atoms with E-state index < -0.39 is 66.3 Å². The molecule has 206 valence electrons. The Hall–Kier alpha value is -3.76. The fourth-order valence-corrected chi connectivity index (χ4v) is 3.87. The Morgan fingerprint density at radius 3 is 2.32 bits per heavy atom. The number of nitrogens with two attached hydrogens (primary N) is 2. The third-order valence-electron chi connectivity index (χ3n) is 6.25. The monoisotopic (exact) mass is 530 g/mol. The molecular formula is C25H34N6O7. The molecule has 5 atom stereocenters. The maximum absolute atomic E-state index is 12.8. The summed E-state index contributed by atoms with van der Waals surface area (Å²) in [5.41, 5.74) is 10.4. The molecular weight excluding hydrogens is 496 g/mol. The predicted molar refractivity (Wildman–Crippen MR) is 133 cm³/mol. The van der Waals surface area contributed by atoms with Gasteiger partial charge in [0.05, 0.1) is 17.5 Å². The van der Waals surface area contributed by atoms with Crippen molar-refractivity contribution in [2.45, 2.75) is 71.5 Å². The van der Waals surface area contributed by atoms with Crippen LogP contribution in [0.1, 0.15) is 47.2 Å². The Morgan fingerprint density at radius 2 is 1.74 bits per heavy atom. The normalized spacial score (nSPS) is 24.0. The number of anilines is 1. The van der Waals surface area contributed by atoms with E-state index >= 15 is 0 Å². The lowest BCUT2D eigenvalue weighted by molar-refractivity contribution is -0.173. The molecule has 1 saturated heterocycles. The number of nitrogen functional groups attached to an aromatic ring is 1. The molecule has 13 heteroatoms. The van der Waals surface area contributed by atoms with Crippen LogP contribution in [0.25, 0.3) is 5.52 Å². The van der Waals surface area contributed by atoms with Gasteiger partial charge in [-0.25, -0.2) is 9.50 Å². The molecule has 1 aliphatic heterocycles. The first-order valence-electron chi connectivity index (χ1n) is 12.3. The number of carbonyl (C=O) groups excluding carboxylic acids is 3. The Labute approximate surface area is 220 Å². The molecule has 13 nitrogen and oxygen atoms in total. The molecule has 0 aromatic carbocycles. The van der Waals surface area contributed by atoms with E-state index in [-0.39, 0.29) is 17.4 Å². The Kier molecular flexibility index (Phi) is 8.58. The van der Waals surface area contributed by atoms with Crippen molar-refractivity contribution in [2.24, 2.45) is 23.5 Å². The first-order chi connectivity index (χ1) is 17.8. The Balaban J connectivity index is 2.13. The summed E-state index contributed by atoms with van der Waals surface area (Å²) in [4.78, 5) is 42.0. The van der Waals surface area contributed by atoms with Crippen LogP contribution in [0, 0.1) is 29.1 Å². The largest absolute Gasteiger partial charge is 0.462 e. The number of esters is 3. The lowest BCUT2D eigenvalue weighted by atomic mass is 9.91. The zero-order valence-corrected chi connectivity index (χ0v) is 22.3. The Morgan fingerprint density at radius 1 is 1.11 bits per heavy atom. The van der Waals surface area contributed by atoms with Gasteiger partial charge >= 0.3 is 17.9 Å². The van der Waals surface area contributed by atoms with Crippen LogP contribution < -0.4 is 11.5 Å². The summed E-state index contributed by atoms with van der Waals surface area (Å²) >= 11 is 0. The first kappa shape index (κ1) is 28.8. The summed E-state index contributed by atoms with van der Waals surface area (Å²) in [7, 11) is 0. The number of hydrogen-bond acceptors (Lipinski definition) is 12. The van der Waals surface area contributed by atoms with E-state index in [9.17, 15) is 19.6 Å². The van der Waals surface area contributed by atoms with Gasteiger partial charge in [0, 0.05) is 0 Å². The molecule has 3 rings (SSSR count). The van der Waals surface area contributed by atoms with E-state index in [1.165, 1.54) is 16.9 Å². The van der Waals surface area contributed by atoms with Gasteiger partial charge in [0.15, 0.2) is 18.0 Å². The van der Waals surface area contributed by atoms with Crippen LogP contribution in [0.2, 0.25) is 0 Å². The van der Waals surface area contributed by atoms with Crippen molar-refractivity contribution >= 4 is 29.2 Å². The molecule has 1 aliphatic rings. The topological polar surface area (TPSA) is 194 Å². The number of fused-ring (bicyclic) bond motifs is 1. The zero-order valence-electron chi connectivity index (χ0n) is 22.3. The van der Waals surface area contributed by atoms with Crippen LogP contribution in [0.15, 0.2) is 18.5 Å². The van der Waals surface area contributed by atoms with E-state index in [2.05, 4.69) is 16.2 Å². The number of hydrogen-bond donors (Lipinski definition) is 2. The van der Waals surface area contributed by atoms with Crippen molar-refractivity contribution in [2.75, 3.05) is 12.3 Å². The van der Waals surface area contributed by atoms with Gasteiger partial charge < -0.3 is 30.4 Å². The minimum atomic E-state index is -2.02.